The molecule has 6 heavy (non-hydrogen) atoms. The molecule has 0 aromatic carbocycles. The molecule has 3 heteroatoms. The first kappa shape index (κ1) is 10.3. The summed E-state index contributed by atoms with van der Waals surface area (Å²) in [5, 5.41) is 8.02. The Balaban J connectivity index is -0.0000000800. The Bertz CT molecular complexity index is 22.4. The average Bonchev–Trinajstić information content (AvgIpc) is 1.41. The van der Waals surface area contributed by atoms with Gasteiger partial charge in [0, 0.05) is 6.61 Å². The van der Waals surface area contributed by atoms with Crippen LogP contribution in [0.15, 0.2) is 0 Å². The molecule has 0 aromatic heterocycles. The van der Waals surface area contributed by atoms with Gasteiger partial charge in [0.2, 0.25) is 0 Å². The fourth-order valence-electron chi connectivity index (χ4n) is 0.0707. The van der Waals surface area contributed by atoms with Gasteiger partial charge in [0.25, 0.3) is 0 Å². The minimum absolute atomic E-state index is 0. The van der Waals surface area contributed by atoms with Crippen molar-refractivity contribution in [3.05, 3.63) is 0 Å². The van der Waals surface area contributed by atoms with E-state index in [2.05, 4.69) is 12.6 Å². The number of aliphatic hydroxyl groups is 1. The summed E-state index contributed by atoms with van der Waals surface area (Å²) >= 11 is 3.84. The van der Waals surface area contributed by atoms with E-state index in [0.717, 1.165) is 12.2 Å². The molecule has 0 radical (unpaired) electrons. The topological polar surface area (TPSA) is 20.2 Å². The molecule has 0 aromatic rings. The number of hydrogen-bond acceptors (Lipinski definition) is 2. The van der Waals surface area contributed by atoms with Gasteiger partial charge in [0.1, 0.15) is 0 Å². The van der Waals surface area contributed by atoms with E-state index in [0.29, 0.717) is 0 Å². The van der Waals surface area contributed by atoms with Gasteiger partial charge in [-0.3, -0.25) is 0 Å². The number of aliphatic hydroxyl groups excluding tert-OH is 1. The van der Waals surface area contributed by atoms with E-state index < -0.39 is 0 Å². The molecule has 0 aliphatic rings. The Morgan fingerprint density at radius 3 is 2.17 bits per heavy atom. The van der Waals surface area contributed by atoms with Crippen molar-refractivity contribution in [1.29, 1.82) is 0 Å². The fourth-order valence-corrected chi connectivity index (χ4v) is 0.212. The maximum absolute atomic E-state index is 8.02. The molecule has 0 saturated carbocycles. The molecule has 0 heterocycles. The molecule has 0 fully saturated rings. The van der Waals surface area contributed by atoms with Crippen molar-refractivity contribution in [2.24, 2.45) is 0 Å². The van der Waals surface area contributed by atoms with Crippen molar-refractivity contribution < 1.29 is 36.1 Å². The minimum atomic E-state index is 0. The fraction of sp³-hybridized carbons (Fsp3) is 1.00. The monoisotopic (exact) mass is 116 g/mol. The summed E-state index contributed by atoms with van der Waals surface area (Å²) in [6.07, 6.45) is 0.809. The largest absolute Gasteiger partial charge is 1.00 e. The minimum Gasteiger partial charge on any atom is -1.00 e. The van der Waals surface area contributed by atoms with E-state index in [1.54, 1.807) is 0 Å². The zero-order valence-electron chi connectivity index (χ0n) is 5.02. The molecule has 0 atom stereocenters. The normalized spacial score (nSPS) is 7.00. The van der Waals surface area contributed by atoms with E-state index in [1.807, 2.05) is 0 Å². The molecule has 0 bridgehead atoms. The van der Waals surface area contributed by atoms with Crippen molar-refractivity contribution >= 4 is 12.6 Å². The molecule has 0 unspecified atom stereocenters. The number of rotatable bonds is 2. The molecule has 0 amide bonds. The Hall–Kier alpha value is 1.31. The van der Waals surface area contributed by atoms with Gasteiger partial charge in [-0.2, -0.15) is 12.6 Å². The average molecular weight is 116 g/mol. The van der Waals surface area contributed by atoms with Gasteiger partial charge in [0.15, 0.2) is 0 Å². The standard InChI is InChI=1S/C3H8OS.Na.H/c4-2-1-3-5;;/h4-5H,1-3H2;;/q;+1;-1. The SMILES string of the molecule is OCCCS.[H-].[Na+]. The van der Waals surface area contributed by atoms with Crippen LogP contribution < -0.4 is 29.6 Å². The molecule has 0 rings (SSSR count). The van der Waals surface area contributed by atoms with Crippen LogP contribution in [0.2, 0.25) is 0 Å². The Morgan fingerprint density at radius 2 is 2.17 bits per heavy atom. The third-order valence-electron chi connectivity index (χ3n) is 0.316. The van der Waals surface area contributed by atoms with Crippen molar-refractivity contribution in [3.8, 4) is 0 Å². The van der Waals surface area contributed by atoms with Crippen LogP contribution in [0.25, 0.3) is 0 Å². The van der Waals surface area contributed by atoms with E-state index in [9.17, 15) is 0 Å². The van der Waals surface area contributed by atoms with E-state index in [4.69, 9.17) is 5.11 Å². The summed E-state index contributed by atoms with van der Waals surface area (Å²) in [7, 11) is 0. The number of hydrogen-bond donors (Lipinski definition) is 2. The molecule has 1 nitrogen and oxygen atoms in total. The summed E-state index contributed by atoms with van der Waals surface area (Å²) in [6.45, 7) is 0.267. The van der Waals surface area contributed by atoms with E-state index >= 15 is 0 Å². The molecule has 0 spiro atoms. The van der Waals surface area contributed by atoms with Crippen LogP contribution in [0.3, 0.4) is 0 Å². The van der Waals surface area contributed by atoms with Gasteiger partial charge in [0.05, 0.1) is 0 Å². The van der Waals surface area contributed by atoms with Crippen LogP contribution in [-0.4, -0.2) is 17.5 Å². The van der Waals surface area contributed by atoms with Crippen molar-refractivity contribution in [1.82, 2.24) is 0 Å². The molecule has 34 valence electrons. The first-order chi connectivity index (χ1) is 2.41. The van der Waals surface area contributed by atoms with Crippen LogP contribution in [0, 0.1) is 0 Å². The van der Waals surface area contributed by atoms with Crippen LogP contribution in [0.5, 0.6) is 0 Å². The van der Waals surface area contributed by atoms with Gasteiger partial charge < -0.3 is 6.53 Å². The van der Waals surface area contributed by atoms with Gasteiger partial charge in [-0.15, -0.1) is 0 Å². The van der Waals surface area contributed by atoms with E-state index in [-0.39, 0.29) is 37.6 Å². The second-order valence-corrected chi connectivity index (χ2v) is 1.25. The maximum atomic E-state index is 8.02. The Labute approximate surface area is 67.3 Å². The summed E-state index contributed by atoms with van der Waals surface area (Å²) in [5.41, 5.74) is 0. The van der Waals surface area contributed by atoms with Crippen LogP contribution >= 0.6 is 12.6 Å². The first-order valence-electron chi connectivity index (χ1n) is 1.63. The molecule has 1 N–H and O–H groups in total. The zero-order valence-corrected chi connectivity index (χ0v) is 6.91. The van der Waals surface area contributed by atoms with Crippen molar-refractivity contribution in [3.63, 3.8) is 0 Å². The predicted octanol–water partition coefficient (Wildman–Crippen LogP) is -2.58. The van der Waals surface area contributed by atoms with Crippen LogP contribution in [0.4, 0.5) is 0 Å². The summed E-state index contributed by atoms with van der Waals surface area (Å²) in [5.74, 6) is 0.788. The van der Waals surface area contributed by atoms with E-state index in [1.165, 1.54) is 0 Å². The first-order valence-corrected chi connectivity index (χ1v) is 2.26. The maximum Gasteiger partial charge on any atom is 1.00 e. The van der Waals surface area contributed by atoms with Gasteiger partial charge in [-0.1, -0.05) is 0 Å². The molecule has 0 saturated heterocycles. The van der Waals surface area contributed by atoms with Crippen LogP contribution in [-0.2, 0) is 0 Å². The van der Waals surface area contributed by atoms with Gasteiger partial charge in [-0.25, -0.2) is 0 Å². The van der Waals surface area contributed by atoms with Gasteiger partial charge >= 0.3 is 29.6 Å². The summed E-state index contributed by atoms with van der Waals surface area (Å²) < 4.78 is 0. The molecular formula is C3H9NaOS. The van der Waals surface area contributed by atoms with Crippen molar-refractivity contribution in [2.75, 3.05) is 12.4 Å². The second-order valence-electron chi connectivity index (χ2n) is 0.801. The van der Waals surface area contributed by atoms with Crippen LogP contribution in [0.1, 0.15) is 7.85 Å². The quantitative estimate of drug-likeness (QED) is 0.300. The smallest absolute Gasteiger partial charge is 1.00 e. The second kappa shape index (κ2) is 9.58. The third-order valence-corrected chi connectivity index (χ3v) is 0.632. The Kier molecular flexibility index (Phi) is 16.5. The molecule has 0 aliphatic heterocycles. The predicted molar refractivity (Wildman–Crippen MR) is 26.7 cm³/mol. The number of thiol groups is 1. The summed E-state index contributed by atoms with van der Waals surface area (Å²) in [4.78, 5) is 0. The summed E-state index contributed by atoms with van der Waals surface area (Å²) in [6, 6.07) is 0. The molecular weight excluding hydrogens is 107 g/mol. The zero-order chi connectivity index (χ0) is 4.12. The van der Waals surface area contributed by atoms with Gasteiger partial charge in [-0.05, 0) is 12.2 Å². The van der Waals surface area contributed by atoms with Crippen molar-refractivity contribution in [2.45, 2.75) is 6.42 Å². The Morgan fingerprint density at radius 1 is 1.67 bits per heavy atom. The molecule has 0 aliphatic carbocycles. The third kappa shape index (κ3) is 9.00.